The average molecular weight is 377 g/mol. The van der Waals surface area contributed by atoms with Crippen LogP contribution >= 0.6 is 0 Å². The predicted octanol–water partition coefficient (Wildman–Crippen LogP) is 4.88. The zero-order chi connectivity index (χ0) is 19.6. The number of hydrogen-bond acceptors (Lipinski definition) is 4. The van der Waals surface area contributed by atoms with Gasteiger partial charge in [0.15, 0.2) is 0 Å². The Balaban J connectivity index is 1.94. The number of ether oxygens (including phenoxy) is 1. The number of para-hydroxylation sites is 1. The first kappa shape index (κ1) is 18.5. The molecule has 0 radical (unpaired) electrons. The average Bonchev–Trinajstić information content (AvgIpc) is 3.00. The number of nitrogens with one attached hydrogen (secondary N) is 1. The highest BCUT2D eigenvalue weighted by Crippen LogP contribution is 2.32. The molecular formula is C19H14F3NO4. The second-order valence-corrected chi connectivity index (χ2v) is 5.55. The van der Waals surface area contributed by atoms with E-state index in [4.69, 9.17) is 9.15 Å². The molecule has 3 rings (SSSR count). The van der Waals surface area contributed by atoms with Gasteiger partial charge in [0.05, 0.1) is 12.2 Å². The van der Waals surface area contributed by atoms with Crippen molar-refractivity contribution in [3.05, 3.63) is 65.4 Å². The maximum Gasteiger partial charge on any atom is 0.416 e. The maximum absolute atomic E-state index is 12.7. The monoisotopic (exact) mass is 377 g/mol. The second kappa shape index (κ2) is 7.14. The lowest BCUT2D eigenvalue weighted by atomic mass is 10.1. The molecule has 0 bridgehead atoms. The van der Waals surface area contributed by atoms with Crippen molar-refractivity contribution in [2.45, 2.75) is 13.1 Å². The number of benzene rings is 2. The lowest BCUT2D eigenvalue weighted by Crippen LogP contribution is -2.15. The number of halogens is 3. The summed E-state index contributed by atoms with van der Waals surface area (Å²) in [6.07, 6.45) is -4.49. The summed E-state index contributed by atoms with van der Waals surface area (Å²) < 4.78 is 48.4. The van der Waals surface area contributed by atoms with Crippen molar-refractivity contribution < 1.29 is 31.9 Å². The van der Waals surface area contributed by atoms with Crippen molar-refractivity contribution >= 4 is 28.5 Å². The molecule has 0 unspecified atom stereocenters. The van der Waals surface area contributed by atoms with Crippen LogP contribution in [0.4, 0.5) is 18.9 Å². The van der Waals surface area contributed by atoms with Crippen molar-refractivity contribution in [3.8, 4) is 0 Å². The van der Waals surface area contributed by atoms with Crippen molar-refractivity contribution in [1.29, 1.82) is 0 Å². The van der Waals surface area contributed by atoms with E-state index in [1.165, 1.54) is 0 Å². The first-order valence-corrected chi connectivity index (χ1v) is 7.98. The summed E-state index contributed by atoms with van der Waals surface area (Å²) in [5.41, 5.74) is -0.389. The number of alkyl halides is 3. The Morgan fingerprint density at radius 1 is 1.07 bits per heavy atom. The van der Waals surface area contributed by atoms with Crippen LogP contribution in [-0.2, 0) is 10.9 Å². The van der Waals surface area contributed by atoms with Crippen LogP contribution in [0.25, 0.3) is 11.0 Å². The summed E-state index contributed by atoms with van der Waals surface area (Å²) >= 11 is 0. The maximum atomic E-state index is 12.7. The van der Waals surface area contributed by atoms with Gasteiger partial charge in [0.2, 0.25) is 5.76 Å². The summed E-state index contributed by atoms with van der Waals surface area (Å²) in [7, 11) is 0. The van der Waals surface area contributed by atoms with Crippen LogP contribution in [0.2, 0.25) is 0 Å². The molecule has 0 saturated carbocycles. The largest absolute Gasteiger partial charge is 0.460 e. The highest BCUT2D eigenvalue weighted by Gasteiger charge is 2.30. The van der Waals surface area contributed by atoms with Gasteiger partial charge in [-0.1, -0.05) is 12.1 Å². The molecule has 0 fully saturated rings. The summed E-state index contributed by atoms with van der Waals surface area (Å²) in [5, 5.41) is 3.01. The van der Waals surface area contributed by atoms with Gasteiger partial charge >= 0.3 is 12.1 Å². The zero-order valence-electron chi connectivity index (χ0n) is 14.1. The van der Waals surface area contributed by atoms with E-state index in [0.717, 1.165) is 24.3 Å². The predicted molar refractivity (Wildman–Crippen MR) is 91.6 cm³/mol. The van der Waals surface area contributed by atoms with Crippen LogP contribution in [0.5, 0.6) is 0 Å². The summed E-state index contributed by atoms with van der Waals surface area (Å²) in [5.74, 6) is -1.62. The number of hydrogen-bond donors (Lipinski definition) is 1. The van der Waals surface area contributed by atoms with Crippen LogP contribution in [0.1, 0.15) is 33.4 Å². The van der Waals surface area contributed by atoms with E-state index in [1.807, 2.05) is 0 Å². The van der Waals surface area contributed by atoms with E-state index < -0.39 is 23.6 Å². The highest BCUT2D eigenvalue weighted by molar-refractivity contribution is 6.13. The Morgan fingerprint density at radius 2 is 1.74 bits per heavy atom. The molecule has 5 nitrogen and oxygen atoms in total. The van der Waals surface area contributed by atoms with Gasteiger partial charge in [-0.15, -0.1) is 0 Å². The topological polar surface area (TPSA) is 68.5 Å². The summed E-state index contributed by atoms with van der Waals surface area (Å²) in [4.78, 5) is 24.6. The van der Waals surface area contributed by atoms with E-state index in [0.29, 0.717) is 11.0 Å². The molecule has 0 aliphatic heterocycles. The van der Waals surface area contributed by atoms with Gasteiger partial charge in [-0.3, -0.25) is 4.79 Å². The molecular weight excluding hydrogens is 363 g/mol. The molecule has 0 spiro atoms. The number of amides is 1. The molecule has 27 heavy (non-hydrogen) atoms. The summed E-state index contributed by atoms with van der Waals surface area (Å²) in [6, 6.07) is 10.4. The Labute approximate surface area is 151 Å². The smallest absolute Gasteiger partial charge is 0.416 e. The minimum absolute atomic E-state index is 0.00286. The number of esters is 1. The number of rotatable bonds is 4. The Kier molecular flexibility index (Phi) is 4.89. The third-order valence-corrected chi connectivity index (χ3v) is 3.77. The number of carbonyl (C=O) groups excluding carboxylic acids is 2. The van der Waals surface area contributed by atoms with Crippen molar-refractivity contribution in [1.82, 2.24) is 0 Å². The van der Waals surface area contributed by atoms with Crippen molar-refractivity contribution in [2.75, 3.05) is 11.9 Å². The summed E-state index contributed by atoms with van der Waals surface area (Å²) in [6.45, 7) is 1.74. The minimum Gasteiger partial charge on any atom is -0.460 e. The Hall–Kier alpha value is -3.29. The molecule has 8 heteroatoms. The number of anilines is 1. The zero-order valence-corrected chi connectivity index (χ0v) is 14.1. The van der Waals surface area contributed by atoms with Crippen LogP contribution in [-0.4, -0.2) is 18.5 Å². The highest BCUT2D eigenvalue weighted by atomic mass is 19.4. The minimum atomic E-state index is -4.49. The lowest BCUT2D eigenvalue weighted by Gasteiger charge is -2.08. The first-order chi connectivity index (χ1) is 12.8. The number of carbonyl (C=O) groups is 2. The molecule has 0 aliphatic rings. The van der Waals surface area contributed by atoms with Crippen molar-refractivity contribution in [2.24, 2.45) is 0 Å². The quantitative estimate of drug-likeness (QED) is 0.658. The van der Waals surface area contributed by atoms with E-state index in [1.54, 1.807) is 31.2 Å². The molecule has 1 heterocycles. The van der Waals surface area contributed by atoms with E-state index >= 15 is 0 Å². The molecule has 3 aromatic rings. The standard InChI is InChI=1S/C19H14F3NO4/c1-2-26-18(25)16-15(13-5-3-4-6-14(13)27-16)23-17(24)11-7-9-12(10-8-11)19(20,21)22/h3-10H,2H2,1H3,(H,23,24). The molecule has 140 valence electrons. The fraction of sp³-hybridized carbons (Fsp3) is 0.158. The molecule has 1 aromatic heterocycles. The van der Waals surface area contributed by atoms with Gasteiger partial charge in [0, 0.05) is 10.9 Å². The first-order valence-electron chi connectivity index (χ1n) is 7.98. The second-order valence-electron chi connectivity index (χ2n) is 5.55. The van der Waals surface area contributed by atoms with Gasteiger partial charge in [-0.2, -0.15) is 13.2 Å². The molecule has 1 amide bonds. The Morgan fingerprint density at radius 3 is 2.37 bits per heavy atom. The third kappa shape index (κ3) is 3.79. The van der Waals surface area contributed by atoms with E-state index in [9.17, 15) is 22.8 Å². The fourth-order valence-corrected chi connectivity index (χ4v) is 2.51. The van der Waals surface area contributed by atoms with E-state index in [-0.39, 0.29) is 23.6 Å². The van der Waals surface area contributed by atoms with Gasteiger partial charge in [0.25, 0.3) is 5.91 Å². The Bertz CT molecular complexity index is 990. The van der Waals surface area contributed by atoms with Crippen LogP contribution in [0.3, 0.4) is 0 Å². The van der Waals surface area contributed by atoms with Gasteiger partial charge < -0.3 is 14.5 Å². The van der Waals surface area contributed by atoms with Crippen LogP contribution in [0, 0.1) is 0 Å². The fourth-order valence-electron chi connectivity index (χ4n) is 2.51. The van der Waals surface area contributed by atoms with Gasteiger partial charge in [0.1, 0.15) is 11.3 Å². The molecule has 0 aliphatic carbocycles. The van der Waals surface area contributed by atoms with Gasteiger partial charge in [-0.05, 0) is 43.3 Å². The third-order valence-electron chi connectivity index (χ3n) is 3.77. The van der Waals surface area contributed by atoms with E-state index in [2.05, 4.69) is 5.32 Å². The lowest BCUT2D eigenvalue weighted by molar-refractivity contribution is -0.137. The SMILES string of the molecule is CCOC(=O)c1oc2ccccc2c1NC(=O)c1ccc(C(F)(F)F)cc1. The number of fused-ring (bicyclic) bond motifs is 1. The molecule has 0 atom stereocenters. The van der Waals surface area contributed by atoms with Crippen LogP contribution < -0.4 is 5.32 Å². The normalized spacial score (nSPS) is 11.4. The molecule has 2 aromatic carbocycles. The number of furan rings is 1. The van der Waals surface area contributed by atoms with Crippen molar-refractivity contribution in [3.63, 3.8) is 0 Å². The molecule has 1 N–H and O–H groups in total. The van der Waals surface area contributed by atoms with Crippen LogP contribution in [0.15, 0.2) is 52.9 Å². The molecule has 0 saturated heterocycles. The van der Waals surface area contributed by atoms with Gasteiger partial charge in [-0.25, -0.2) is 4.79 Å².